The summed E-state index contributed by atoms with van der Waals surface area (Å²) in [5.41, 5.74) is 1.11. The zero-order valence-electron chi connectivity index (χ0n) is 16.9. The molecule has 1 N–H and O–H groups in total. The van der Waals surface area contributed by atoms with Crippen LogP contribution in [0.1, 0.15) is 23.6 Å². The summed E-state index contributed by atoms with van der Waals surface area (Å²) in [4.78, 5) is 33.5. The number of amides is 1. The molecule has 3 heterocycles. The van der Waals surface area contributed by atoms with E-state index in [2.05, 4.69) is 4.98 Å². The first-order chi connectivity index (χ1) is 14.5. The first-order valence-corrected chi connectivity index (χ1v) is 9.70. The zero-order valence-corrected chi connectivity index (χ0v) is 16.9. The van der Waals surface area contributed by atoms with E-state index in [0.717, 1.165) is 6.54 Å². The van der Waals surface area contributed by atoms with Gasteiger partial charge in [0.15, 0.2) is 11.5 Å². The van der Waals surface area contributed by atoms with Crippen LogP contribution in [0.25, 0.3) is 5.76 Å². The molecule has 4 rings (SSSR count). The molecule has 156 valence electrons. The van der Waals surface area contributed by atoms with Crippen LogP contribution in [0.3, 0.4) is 0 Å². The Balaban J connectivity index is 1.77. The molecule has 2 aliphatic heterocycles. The number of aliphatic hydroxyl groups is 1. The molecule has 0 aliphatic carbocycles. The van der Waals surface area contributed by atoms with Crippen molar-refractivity contribution < 1.29 is 24.2 Å². The monoisotopic (exact) mass is 409 g/mol. The average Bonchev–Trinajstić information content (AvgIpc) is 3.31. The molecule has 1 saturated heterocycles. The highest BCUT2D eigenvalue weighted by molar-refractivity contribution is 6.46. The van der Waals surface area contributed by atoms with Crippen LogP contribution in [0.5, 0.6) is 11.5 Å². The summed E-state index contributed by atoms with van der Waals surface area (Å²) in [7, 11) is 3.90. The van der Waals surface area contributed by atoms with E-state index in [4.69, 9.17) is 9.47 Å². The lowest BCUT2D eigenvalue weighted by Gasteiger charge is -2.25. The minimum atomic E-state index is -0.705. The molecule has 0 radical (unpaired) electrons. The van der Waals surface area contributed by atoms with Crippen LogP contribution in [0.2, 0.25) is 0 Å². The summed E-state index contributed by atoms with van der Waals surface area (Å²) in [5.74, 6) is -0.513. The van der Waals surface area contributed by atoms with E-state index in [1.807, 2.05) is 19.0 Å². The summed E-state index contributed by atoms with van der Waals surface area (Å²) in [6, 6.07) is 7.76. The number of rotatable bonds is 6. The van der Waals surface area contributed by atoms with Crippen molar-refractivity contribution in [2.24, 2.45) is 0 Å². The number of hydrogen-bond acceptors (Lipinski definition) is 7. The Kier molecular flexibility index (Phi) is 5.41. The number of fused-ring (bicyclic) bond motifs is 1. The third kappa shape index (κ3) is 3.61. The second-order valence-electron chi connectivity index (χ2n) is 7.50. The third-order valence-electron chi connectivity index (χ3n) is 5.19. The molecular formula is C22H23N3O5. The topological polar surface area (TPSA) is 92.2 Å². The van der Waals surface area contributed by atoms with Crippen molar-refractivity contribution >= 4 is 17.4 Å². The van der Waals surface area contributed by atoms with E-state index in [-0.39, 0.29) is 18.1 Å². The number of carbonyl (C=O) groups is 2. The van der Waals surface area contributed by atoms with E-state index >= 15 is 0 Å². The van der Waals surface area contributed by atoms with Crippen molar-refractivity contribution in [3.8, 4) is 11.5 Å². The maximum absolute atomic E-state index is 12.9. The van der Waals surface area contributed by atoms with Gasteiger partial charge in [-0.1, -0.05) is 6.07 Å². The summed E-state index contributed by atoms with van der Waals surface area (Å²) in [6.07, 6.45) is 3.93. The number of aliphatic hydroxyl groups excluding tert-OH is 1. The van der Waals surface area contributed by atoms with Crippen LogP contribution in [0.4, 0.5) is 0 Å². The lowest BCUT2D eigenvalue weighted by molar-refractivity contribution is -0.139. The Morgan fingerprint density at radius 2 is 2.03 bits per heavy atom. The van der Waals surface area contributed by atoms with Crippen LogP contribution >= 0.6 is 0 Å². The van der Waals surface area contributed by atoms with Crippen LogP contribution in [-0.4, -0.2) is 65.6 Å². The van der Waals surface area contributed by atoms with Gasteiger partial charge >= 0.3 is 0 Å². The smallest absolute Gasteiger partial charge is 0.295 e. The lowest BCUT2D eigenvalue weighted by Crippen LogP contribution is -2.32. The van der Waals surface area contributed by atoms with E-state index in [0.29, 0.717) is 35.6 Å². The first kappa shape index (κ1) is 19.9. The number of ketones is 1. The molecule has 0 spiro atoms. The zero-order chi connectivity index (χ0) is 21.3. The van der Waals surface area contributed by atoms with Crippen molar-refractivity contribution in [3.63, 3.8) is 0 Å². The van der Waals surface area contributed by atoms with Gasteiger partial charge in [-0.2, -0.15) is 0 Å². The molecule has 8 heteroatoms. The van der Waals surface area contributed by atoms with Crippen LogP contribution < -0.4 is 9.47 Å². The highest BCUT2D eigenvalue weighted by Crippen LogP contribution is 2.41. The van der Waals surface area contributed by atoms with Crippen LogP contribution in [0.15, 0.2) is 48.3 Å². The highest BCUT2D eigenvalue weighted by atomic mass is 16.7. The van der Waals surface area contributed by atoms with Crippen molar-refractivity contribution in [1.82, 2.24) is 14.8 Å². The van der Waals surface area contributed by atoms with E-state index < -0.39 is 17.7 Å². The second kappa shape index (κ2) is 8.16. The SMILES string of the molecule is CN(C)CCCN1C(=O)C(=O)/C(=C(\O)c2ccc3c(c2)OCO3)[C@H]1c1cccnc1. The Bertz CT molecular complexity index is 1000. The number of benzene rings is 1. The number of ether oxygens (including phenoxy) is 2. The number of hydrogen-bond donors (Lipinski definition) is 1. The molecule has 1 fully saturated rings. The third-order valence-corrected chi connectivity index (χ3v) is 5.19. The van der Waals surface area contributed by atoms with Crippen LogP contribution in [0, 0.1) is 0 Å². The standard InChI is InChI=1S/C22H23N3O5/c1-24(2)9-4-10-25-19(15-5-3-8-23-12-15)18(21(27)22(25)28)20(26)14-6-7-16-17(11-14)30-13-29-16/h3,5-8,11-12,19,26H,4,9-10,13H2,1-2H3/b20-18-/t19-/m1/s1. The molecule has 0 saturated carbocycles. The van der Waals surface area contributed by atoms with Gasteiger partial charge in [0, 0.05) is 24.5 Å². The largest absolute Gasteiger partial charge is 0.507 e. The minimum Gasteiger partial charge on any atom is -0.507 e. The minimum absolute atomic E-state index is 0.0525. The Morgan fingerprint density at radius 3 is 2.77 bits per heavy atom. The van der Waals surface area contributed by atoms with Crippen LogP contribution in [-0.2, 0) is 9.59 Å². The average molecular weight is 409 g/mol. The summed E-state index contributed by atoms with van der Waals surface area (Å²) < 4.78 is 10.7. The van der Waals surface area contributed by atoms with Gasteiger partial charge in [0.1, 0.15) is 5.76 Å². The molecule has 30 heavy (non-hydrogen) atoms. The lowest BCUT2D eigenvalue weighted by atomic mass is 9.96. The van der Waals surface area contributed by atoms with Crippen molar-refractivity contribution in [2.75, 3.05) is 34.0 Å². The normalized spacial score (nSPS) is 19.7. The fourth-order valence-electron chi connectivity index (χ4n) is 3.75. The Labute approximate surface area is 174 Å². The van der Waals surface area contributed by atoms with E-state index in [9.17, 15) is 14.7 Å². The predicted octanol–water partition coefficient (Wildman–Crippen LogP) is 2.18. The predicted molar refractivity (Wildman–Crippen MR) is 109 cm³/mol. The Hall–Kier alpha value is -3.39. The van der Waals surface area contributed by atoms with E-state index in [1.54, 1.807) is 42.7 Å². The van der Waals surface area contributed by atoms with Crippen molar-refractivity contribution in [1.29, 1.82) is 0 Å². The van der Waals surface area contributed by atoms with Gasteiger partial charge in [0.2, 0.25) is 6.79 Å². The first-order valence-electron chi connectivity index (χ1n) is 9.70. The fourth-order valence-corrected chi connectivity index (χ4v) is 3.75. The number of aromatic nitrogens is 1. The van der Waals surface area contributed by atoms with Gasteiger partial charge in [0.05, 0.1) is 11.6 Å². The number of likely N-dealkylation sites (tertiary alicyclic amines) is 1. The van der Waals surface area contributed by atoms with Crippen molar-refractivity contribution in [2.45, 2.75) is 12.5 Å². The van der Waals surface area contributed by atoms with Crippen molar-refractivity contribution in [3.05, 3.63) is 59.4 Å². The molecule has 2 aromatic rings. The summed E-state index contributed by atoms with van der Waals surface area (Å²) in [6.45, 7) is 1.26. The molecule has 1 aromatic carbocycles. The molecule has 0 bridgehead atoms. The molecular weight excluding hydrogens is 386 g/mol. The summed E-state index contributed by atoms with van der Waals surface area (Å²) >= 11 is 0. The van der Waals surface area contributed by atoms with E-state index in [1.165, 1.54) is 4.90 Å². The second-order valence-corrected chi connectivity index (χ2v) is 7.50. The maximum atomic E-state index is 12.9. The van der Waals surface area contributed by atoms with Gasteiger partial charge in [-0.05, 0) is 56.9 Å². The number of nitrogens with zero attached hydrogens (tertiary/aromatic N) is 3. The number of carbonyl (C=O) groups excluding carboxylic acids is 2. The van der Waals surface area contributed by atoms with Gasteiger partial charge in [-0.15, -0.1) is 0 Å². The molecule has 8 nitrogen and oxygen atoms in total. The number of pyridine rings is 1. The quantitative estimate of drug-likeness (QED) is 0.444. The fraction of sp³-hybridized carbons (Fsp3) is 0.318. The maximum Gasteiger partial charge on any atom is 0.295 e. The summed E-state index contributed by atoms with van der Waals surface area (Å²) in [5, 5.41) is 11.1. The Morgan fingerprint density at radius 1 is 1.23 bits per heavy atom. The molecule has 0 unspecified atom stereocenters. The molecule has 1 amide bonds. The highest BCUT2D eigenvalue weighted by Gasteiger charge is 2.46. The molecule has 2 aliphatic rings. The molecule has 1 atom stereocenters. The van der Waals surface area contributed by atoms with Gasteiger partial charge in [-0.3, -0.25) is 14.6 Å². The van der Waals surface area contributed by atoms with Gasteiger partial charge < -0.3 is 24.4 Å². The van der Waals surface area contributed by atoms with Gasteiger partial charge in [-0.25, -0.2) is 0 Å². The molecule has 1 aromatic heterocycles. The van der Waals surface area contributed by atoms with Gasteiger partial charge in [0.25, 0.3) is 11.7 Å². The number of Topliss-reactive ketones (excluding diaryl/α,β-unsaturated/α-hetero) is 1.